The monoisotopic (exact) mass is 314 g/mol. The lowest BCUT2D eigenvalue weighted by atomic mass is 10.1. The number of benzene rings is 1. The third-order valence-corrected chi connectivity index (χ3v) is 4.38. The molecule has 1 fully saturated rings. The van der Waals surface area contributed by atoms with Crippen LogP contribution < -0.4 is 14.6 Å². The summed E-state index contributed by atoms with van der Waals surface area (Å²) in [5, 5.41) is 5.17. The fraction of sp³-hybridized carbons (Fsp3) is 0.462. The topological polar surface area (TPSA) is 98.9 Å². The number of nitrogens with zero attached hydrogens (tertiary/aromatic N) is 1. The number of hydrogen-bond acceptors (Lipinski definition) is 5. The lowest BCUT2D eigenvalue weighted by Gasteiger charge is -2.21. The van der Waals surface area contributed by atoms with E-state index in [1.165, 1.54) is 26.4 Å². The summed E-state index contributed by atoms with van der Waals surface area (Å²) >= 11 is 0. The third-order valence-electron chi connectivity index (χ3n) is 3.44. The standard InChI is InChI=1S/C13H18N2O5S/c1-15(8-4-5-8)13(16)11-9(19-2)6-7-10(12(11)20-3)21(14,17)18/h6-8H,4-5H2,1-3H3,(H2,14,17,18). The maximum Gasteiger partial charge on any atom is 0.261 e. The molecule has 1 aromatic rings. The Hall–Kier alpha value is -1.80. The van der Waals surface area contributed by atoms with Crippen molar-refractivity contribution in [3.63, 3.8) is 0 Å². The second kappa shape index (κ2) is 5.53. The summed E-state index contributed by atoms with van der Waals surface area (Å²) in [5.74, 6) is -0.192. The van der Waals surface area contributed by atoms with Crippen LogP contribution in [0.15, 0.2) is 17.0 Å². The Labute approximate surface area is 123 Å². The highest BCUT2D eigenvalue weighted by Gasteiger charge is 2.34. The molecule has 0 saturated heterocycles. The maximum atomic E-state index is 12.6. The molecule has 2 rings (SSSR count). The molecule has 116 valence electrons. The Balaban J connectivity index is 2.63. The molecule has 8 heteroatoms. The van der Waals surface area contributed by atoms with Crippen molar-refractivity contribution in [2.45, 2.75) is 23.8 Å². The fourth-order valence-corrected chi connectivity index (χ4v) is 2.85. The molecule has 0 unspecified atom stereocenters. The van der Waals surface area contributed by atoms with E-state index in [2.05, 4.69) is 0 Å². The van der Waals surface area contributed by atoms with Gasteiger partial charge < -0.3 is 14.4 Å². The number of nitrogens with two attached hydrogens (primary N) is 1. The minimum atomic E-state index is -4.01. The minimum absolute atomic E-state index is 0.0703. The van der Waals surface area contributed by atoms with Crippen LogP contribution in [0.4, 0.5) is 0 Å². The molecule has 1 aromatic carbocycles. The lowest BCUT2D eigenvalue weighted by molar-refractivity contribution is 0.0777. The highest BCUT2D eigenvalue weighted by molar-refractivity contribution is 7.89. The van der Waals surface area contributed by atoms with E-state index in [-0.39, 0.29) is 33.9 Å². The molecule has 0 atom stereocenters. The summed E-state index contributed by atoms with van der Waals surface area (Å²) in [6, 6.07) is 2.84. The van der Waals surface area contributed by atoms with E-state index in [0.29, 0.717) is 0 Å². The predicted molar refractivity (Wildman–Crippen MR) is 76.0 cm³/mol. The molecule has 0 radical (unpaired) electrons. The van der Waals surface area contributed by atoms with Gasteiger partial charge in [-0.2, -0.15) is 0 Å². The first-order valence-corrected chi connectivity index (χ1v) is 7.90. The van der Waals surface area contributed by atoms with E-state index in [1.54, 1.807) is 11.9 Å². The van der Waals surface area contributed by atoms with Crippen molar-refractivity contribution in [3.8, 4) is 11.5 Å². The van der Waals surface area contributed by atoms with Gasteiger partial charge in [-0.25, -0.2) is 13.6 Å². The van der Waals surface area contributed by atoms with Gasteiger partial charge in [-0.05, 0) is 25.0 Å². The second-order valence-electron chi connectivity index (χ2n) is 4.87. The van der Waals surface area contributed by atoms with Gasteiger partial charge in [0.25, 0.3) is 5.91 Å². The number of carbonyl (C=O) groups is 1. The maximum absolute atomic E-state index is 12.6. The van der Waals surface area contributed by atoms with Crippen LogP contribution in [0.5, 0.6) is 11.5 Å². The van der Waals surface area contributed by atoms with Crippen molar-refractivity contribution in [1.82, 2.24) is 4.90 Å². The zero-order valence-electron chi connectivity index (χ0n) is 12.1. The number of hydrogen-bond donors (Lipinski definition) is 1. The summed E-state index contributed by atoms with van der Waals surface area (Å²) in [7, 11) is 0.352. The Kier molecular flexibility index (Phi) is 4.11. The van der Waals surface area contributed by atoms with Gasteiger partial charge in [-0.1, -0.05) is 0 Å². The molecule has 21 heavy (non-hydrogen) atoms. The van der Waals surface area contributed by atoms with Crippen molar-refractivity contribution >= 4 is 15.9 Å². The predicted octanol–water partition coefficient (Wildman–Crippen LogP) is 0.586. The molecule has 1 saturated carbocycles. The Morgan fingerprint density at radius 3 is 2.33 bits per heavy atom. The first-order valence-electron chi connectivity index (χ1n) is 6.36. The van der Waals surface area contributed by atoms with Gasteiger partial charge >= 0.3 is 0 Å². The van der Waals surface area contributed by atoms with E-state index < -0.39 is 10.0 Å². The van der Waals surface area contributed by atoms with Crippen molar-refractivity contribution in [2.75, 3.05) is 21.3 Å². The van der Waals surface area contributed by atoms with Gasteiger partial charge in [0.15, 0.2) is 5.75 Å². The molecule has 1 aliphatic carbocycles. The number of carbonyl (C=O) groups excluding carboxylic acids is 1. The fourth-order valence-electron chi connectivity index (χ4n) is 2.15. The summed E-state index contributed by atoms with van der Waals surface area (Å²) in [4.78, 5) is 13.9. The molecular formula is C13H18N2O5S. The zero-order chi connectivity index (χ0) is 15.8. The van der Waals surface area contributed by atoms with Gasteiger partial charge in [0.05, 0.1) is 14.2 Å². The first kappa shape index (κ1) is 15.6. The van der Waals surface area contributed by atoms with Gasteiger partial charge in [-0.3, -0.25) is 4.79 Å². The number of methoxy groups -OCH3 is 2. The van der Waals surface area contributed by atoms with Crippen LogP contribution in [0.1, 0.15) is 23.2 Å². The van der Waals surface area contributed by atoms with Crippen molar-refractivity contribution in [2.24, 2.45) is 5.14 Å². The number of primary sulfonamides is 1. The molecule has 7 nitrogen and oxygen atoms in total. The van der Waals surface area contributed by atoms with Gasteiger partial charge in [0.2, 0.25) is 10.0 Å². The number of ether oxygens (including phenoxy) is 2. The van der Waals surface area contributed by atoms with Crippen LogP contribution in [-0.2, 0) is 10.0 Å². The quantitative estimate of drug-likeness (QED) is 0.857. The third kappa shape index (κ3) is 2.96. The molecule has 0 heterocycles. The normalized spacial score (nSPS) is 14.7. The van der Waals surface area contributed by atoms with E-state index in [1.807, 2.05) is 0 Å². The Morgan fingerprint density at radius 2 is 1.90 bits per heavy atom. The highest BCUT2D eigenvalue weighted by Crippen LogP contribution is 2.37. The zero-order valence-corrected chi connectivity index (χ0v) is 12.9. The smallest absolute Gasteiger partial charge is 0.261 e. The lowest BCUT2D eigenvalue weighted by Crippen LogP contribution is -2.30. The largest absolute Gasteiger partial charge is 0.496 e. The number of rotatable bonds is 5. The summed E-state index contributed by atoms with van der Waals surface area (Å²) in [6.07, 6.45) is 1.86. The molecule has 0 bridgehead atoms. The number of sulfonamides is 1. The first-order chi connectivity index (χ1) is 9.81. The summed E-state index contributed by atoms with van der Waals surface area (Å²) in [6.45, 7) is 0. The van der Waals surface area contributed by atoms with Crippen LogP contribution in [0, 0.1) is 0 Å². The molecule has 0 aliphatic heterocycles. The van der Waals surface area contributed by atoms with E-state index in [9.17, 15) is 13.2 Å². The van der Waals surface area contributed by atoms with Crippen LogP contribution in [0.3, 0.4) is 0 Å². The van der Waals surface area contributed by atoms with Gasteiger partial charge in [0.1, 0.15) is 16.2 Å². The van der Waals surface area contributed by atoms with Crippen LogP contribution in [-0.4, -0.2) is 46.5 Å². The molecule has 1 aliphatic rings. The average molecular weight is 314 g/mol. The second-order valence-corrected chi connectivity index (χ2v) is 6.40. The minimum Gasteiger partial charge on any atom is -0.496 e. The van der Waals surface area contributed by atoms with Crippen LogP contribution in [0.25, 0.3) is 0 Å². The van der Waals surface area contributed by atoms with E-state index >= 15 is 0 Å². The van der Waals surface area contributed by atoms with Crippen molar-refractivity contribution < 1.29 is 22.7 Å². The van der Waals surface area contributed by atoms with E-state index in [4.69, 9.17) is 14.6 Å². The van der Waals surface area contributed by atoms with Gasteiger partial charge in [0, 0.05) is 13.1 Å². The highest BCUT2D eigenvalue weighted by atomic mass is 32.2. The van der Waals surface area contributed by atoms with Crippen molar-refractivity contribution in [1.29, 1.82) is 0 Å². The molecule has 0 spiro atoms. The molecule has 0 aromatic heterocycles. The average Bonchev–Trinajstić information content (AvgIpc) is 3.27. The molecule has 2 N–H and O–H groups in total. The molecular weight excluding hydrogens is 296 g/mol. The Morgan fingerprint density at radius 1 is 1.29 bits per heavy atom. The SMILES string of the molecule is COc1ccc(S(N)(=O)=O)c(OC)c1C(=O)N(C)C1CC1. The van der Waals surface area contributed by atoms with Crippen molar-refractivity contribution in [3.05, 3.63) is 17.7 Å². The van der Waals surface area contributed by atoms with E-state index in [0.717, 1.165) is 12.8 Å². The van der Waals surface area contributed by atoms with Crippen LogP contribution >= 0.6 is 0 Å². The Bertz CT molecular complexity index is 667. The molecule has 1 amide bonds. The summed E-state index contributed by atoms with van der Waals surface area (Å²) in [5.41, 5.74) is 0.0703. The number of amides is 1. The van der Waals surface area contributed by atoms with Gasteiger partial charge in [-0.15, -0.1) is 0 Å². The van der Waals surface area contributed by atoms with Crippen LogP contribution in [0.2, 0.25) is 0 Å². The summed E-state index contributed by atoms with van der Waals surface area (Å²) < 4.78 is 33.6.